The van der Waals surface area contributed by atoms with Crippen molar-refractivity contribution in [1.29, 1.82) is 0 Å². The van der Waals surface area contributed by atoms with E-state index in [2.05, 4.69) is 21.8 Å². The van der Waals surface area contributed by atoms with Crippen molar-refractivity contribution in [3.05, 3.63) is 38.3 Å². The van der Waals surface area contributed by atoms with Gasteiger partial charge in [0.1, 0.15) is 12.4 Å². The molecule has 0 radical (unpaired) electrons. The number of hydrogen-bond acceptors (Lipinski definition) is 6. The highest BCUT2D eigenvalue weighted by Gasteiger charge is 2.03. The van der Waals surface area contributed by atoms with E-state index in [-0.39, 0.29) is 18.0 Å². The maximum Gasteiger partial charge on any atom is 0.253 e. The van der Waals surface area contributed by atoms with Crippen LogP contribution in [0.3, 0.4) is 0 Å². The monoisotopic (exact) mass is 293 g/mol. The van der Waals surface area contributed by atoms with Crippen LogP contribution in [-0.2, 0) is 5.75 Å². The van der Waals surface area contributed by atoms with E-state index in [1.165, 1.54) is 17.8 Å². The van der Waals surface area contributed by atoms with Crippen LogP contribution < -0.4 is 11.3 Å². The number of nitrogens with one attached hydrogen (secondary N) is 1. The maximum absolute atomic E-state index is 11.2. The molecule has 98 valence electrons. The number of aromatic amines is 1. The van der Waals surface area contributed by atoms with E-state index < -0.39 is 0 Å². The molecule has 0 aliphatic rings. The van der Waals surface area contributed by atoms with Crippen molar-refractivity contribution in [3.63, 3.8) is 0 Å². The minimum atomic E-state index is -0.254. The van der Waals surface area contributed by atoms with Crippen molar-refractivity contribution in [2.45, 2.75) is 10.9 Å². The van der Waals surface area contributed by atoms with E-state index >= 15 is 0 Å². The van der Waals surface area contributed by atoms with E-state index in [0.29, 0.717) is 10.9 Å². The smallest absolute Gasteiger partial charge is 0.253 e. The molecule has 0 saturated heterocycles. The Labute approximate surface area is 117 Å². The Kier molecular flexibility index (Phi) is 4.63. The summed E-state index contributed by atoms with van der Waals surface area (Å²) in [7, 11) is 0. The van der Waals surface area contributed by atoms with Gasteiger partial charge in [-0.1, -0.05) is 23.6 Å². The van der Waals surface area contributed by atoms with Crippen LogP contribution in [0.1, 0.15) is 10.4 Å². The molecule has 0 bridgehead atoms. The van der Waals surface area contributed by atoms with E-state index in [1.54, 1.807) is 11.3 Å². The molecular formula is C12H11N3O2S2. The van der Waals surface area contributed by atoms with Crippen LogP contribution in [0.4, 0.5) is 5.82 Å². The number of anilines is 1. The molecule has 2 rings (SSSR count). The summed E-state index contributed by atoms with van der Waals surface area (Å²) in [6.07, 6.45) is 0. The van der Waals surface area contributed by atoms with Gasteiger partial charge in [-0.3, -0.25) is 4.79 Å². The molecule has 0 aromatic carbocycles. The predicted molar refractivity (Wildman–Crippen MR) is 77.1 cm³/mol. The molecule has 2 aromatic rings. The fourth-order valence-electron chi connectivity index (χ4n) is 1.32. The van der Waals surface area contributed by atoms with Gasteiger partial charge in [-0.15, -0.1) is 11.3 Å². The van der Waals surface area contributed by atoms with Gasteiger partial charge in [0.25, 0.3) is 5.56 Å². The Morgan fingerprint density at radius 3 is 3.11 bits per heavy atom. The Hall–Kier alpha value is -1.75. The number of H-pyrrole nitrogens is 1. The quantitative estimate of drug-likeness (QED) is 0.447. The molecule has 0 aliphatic heterocycles. The average molecular weight is 293 g/mol. The molecule has 4 N–H and O–H groups in total. The fraction of sp³-hybridized carbons (Fsp3) is 0.167. The van der Waals surface area contributed by atoms with Crippen molar-refractivity contribution in [1.82, 2.24) is 9.97 Å². The number of thioether (sulfide) groups is 1. The molecular weight excluding hydrogens is 282 g/mol. The van der Waals surface area contributed by atoms with Crippen molar-refractivity contribution < 1.29 is 5.11 Å². The van der Waals surface area contributed by atoms with Crippen LogP contribution in [0.15, 0.2) is 27.5 Å². The highest BCUT2D eigenvalue weighted by Crippen LogP contribution is 2.23. The number of nitrogen functional groups attached to an aromatic ring is 1. The van der Waals surface area contributed by atoms with Gasteiger partial charge in [0.15, 0.2) is 5.16 Å². The number of rotatable bonds is 3. The highest BCUT2D eigenvalue weighted by atomic mass is 32.2. The molecule has 0 unspecified atom stereocenters. The van der Waals surface area contributed by atoms with Crippen LogP contribution in [0.2, 0.25) is 0 Å². The first-order valence-electron chi connectivity index (χ1n) is 5.34. The number of nitrogens with zero attached hydrogens (tertiary/aromatic N) is 1. The second-order valence-electron chi connectivity index (χ2n) is 3.53. The molecule has 0 atom stereocenters. The van der Waals surface area contributed by atoms with E-state index in [9.17, 15) is 4.79 Å². The molecule has 0 spiro atoms. The van der Waals surface area contributed by atoms with Gasteiger partial charge in [0, 0.05) is 27.6 Å². The van der Waals surface area contributed by atoms with Crippen molar-refractivity contribution in [3.8, 4) is 11.8 Å². The van der Waals surface area contributed by atoms with Gasteiger partial charge in [-0.25, -0.2) is 4.98 Å². The fourth-order valence-corrected chi connectivity index (χ4v) is 3.08. The van der Waals surface area contributed by atoms with E-state index in [4.69, 9.17) is 10.8 Å². The van der Waals surface area contributed by atoms with E-state index in [0.717, 1.165) is 10.4 Å². The molecule has 5 nitrogen and oxygen atoms in total. The minimum absolute atomic E-state index is 0.144. The van der Waals surface area contributed by atoms with Crippen molar-refractivity contribution in [2.75, 3.05) is 12.3 Å². The maximum atomic E-state index is 11.2. The van der Waals surface area contributed by atoms with Gasteiger partial charge in [0.2, 0.25) is 0 Å². The summed E-state index contributed by atoms with van der Waals surface area (Å²) in [6.45, 7) is -0.144. The summed E-state index contributed by atoms with van der Waals surface area (Å²) < 4.78 is 0. The third-order valence-corrected chi connectivity index (χ3v) is 4.10. The molecule has 0 amide bonds. The van der Waals surface area contributed by atoms with Crippen molar-refractivity contribution in [2.24, 2.45) is 0 Å². The zero-order valence-corrected chi connectivity index (χ0v) is 11.5. The van der Waals surface area contributed by atoms with Crippen LogP contribution in [0.25, 0.3) is 0 Å². The number of aromatic nitrogens is 2. The van der Waals surface area contributed by atoms with Crippen LogP contribution in [0, 0.1) is 11.8 Å². The standard InChI is InChI=1S/C12H11N3O2S2/c13-10-5-11(17)15-12(14-10)19-7-9-4-8(6-18-9)2-1-3-16/h4-6,16H,3,7H2,(H3,13,14,15,17). The Bertz CT molecular complexity index is 682. The topological polar surface area (TPSA) is 92.0 Å². The normalized spacial score (nSPS) is 9.95. The summed E-state index contributed by atoms with van der Waals surface area (Å²) in [4.78, 5) is 19.0. The minimum Gasteiger partial charge on any atom is -0.384 e. The second kappa shape index (κ2) is 6.43. The summed E-state index contributed by atoms with van der Waals surface area (Å²) >= 11 is 2.98. The largest absolute Gasteiger partial charge is 0.384 e. The Balaban J connectivity index is 2.02. The third kappa shape index (κ3) is 4.13. The lowest BCUT2D eigenvalue weighted by Gasteiger charge is -1.99. The van der Waals surface area contributed by atoms with E-state index in [1.807, 2.05) is 11.4 Å². The predicted octanol–water partition coefficient (Wildman–Crippen LogP) is 1.05. The average Bonchev–Trinajstić information content (AvgIpc) is 2.81. The first-order chi connectivity index (χ1) is 9.17. The van der Waals surface area contributed by atoms with Crippen molar-refractivity contribution >= 4 is 28.9 Å². The molecule has 2 aromatic heterocycles. The first kappa shape index (κ1) is 13.7. The van der Waals surface area contributed by atoms with Gasteiger partial charge in [-0.2, -0.15) is 0 Å². The molecule has 7 heteroatoms. The number of aliphatic hydroxyl groups is 1. The molecule has 0 fully saturated rings. The van der Waals surface area contributed by atoms with Gasteiger partial charge in [-0.05, 0) is 6.07 Å². The third-order valence-electron chi connectivity index (χ3n) is 2.06. The first-order valence-corrected chi connectivity index (χ1v) is 7.20. The summed E-state index contributed by atoms with van der Waals surface area (Å²) in [5.41, 5.74) is 6.13. The number of thiophene rings is 1. The number of hydrogen-bond donors (Lipinski definition) is 3. The van der Waals surface area contributed by atoms with Gasteiger partial charge >= 0.3 is 0 Å². The lowest BCUT2D eigenvalue weighted by Crippen LogP contribution is -2.09. The lowest BCUT2D eigenvalue weighted by molar-refractivity contribution is 0.350. The van der Waals surface area contributed by atoms with Crippen LogP contribution in [0.5, 0.6) is 0 Å². The Morgan fingerprint density at radius 1 is 1.53 bits per heavy atom. The summed E-state index contributed by atoms with van der Waals surface area (Å²) in [5.74, 6) is 6.33. The van der Waals surface area contributed by atoms with Gasteiger partial charge < -0.3 is 15.8 Å². The zero-order chi connectivity index (χ0) is 13.7. The summed E-state index contributed by atoms with van der Waals surface area (Å²) in [5, 5.41) is 11.0. The zero-order valence-electron chi connectivity index (χ0n) is 9.84. The molecule has 0 saturated carbocycles. The van der Waals surface area contributed by atoms with Crippen LogP contribution in [-0.4, -0.2) is 21.7 Å². The highest BCUT2D eigenvalue weighted by molar-refractivity contribution is 7.98. The lowest BCUT2D eigenvalue weighted by atomic mass is 10.3. The molecule has 2 heterocycles. The Morgan fingerprint density at radius 2 is 2.37 bits per heavy atom. The number of nitrogens with two attached hydrogens (primary N) is 1. The summed E-state index contributed by atoms with van der Waals surface area (Å²) in [6, 6.07) is 3.20. The second-order valence-corrected chi connectivity index (χ2v) is 5.49. The van der Waals surface area contributed by atoms with Gasteiger partial charge in [0.05, 0.1) is 0 Å². The molecule has 0 aliphatic carbocycles. The number of aliphatic hydroxyl groups excluding tert-OH is 1. The SMILES string of the molecule is Nc1cc(=O)[nH]c(SCc2cc(C#CCO)cs2)n1. The van der Waals surface area contributed by atoms with Crippen LogP contribution >= 0.6 is 23.1 Å². The molecule has 19 heavy (non-hydrogen) atoms.